The Labute approximate surface area is 218 Å². The van der Waals surface area contributed by atoms with E-state index in [1.807, 2.05) is 30.3 Å². The highest BCUT2D eigenvalue weighted by molar-refractivity contribution is 5.37. The minimum atomic E-state index is -4.90. The van der Waals surface area contributed by atoms with Crippen molar-refractivity contribution in [3.05, 3.63) is 102 Å². The molecule has 0 bridgehead atoms. The van der Waals surface area contributed by atoms with Gasteiger partial charge in [-0.3, -0.25) is 4.90 Å². The third-order valence-electron chi connectivity index (χ3n) is 7.30. The number of piperidine rings is 1. The molecule has 0 aromatic heterocycles. The van der Waals surface area contributed by atoms with Crippen LogP contribution in [0.5, 0.6) is 5.75 Å². The minimum absolute atomic E-state index is 0.128. The monoisotopic (exact) mass is 536 g/mol. The number of halogens is 6. The molecular formula is C29H30F6N2O. The second kappa shape index (κ2) is 11.4. The van der Waals surface area contributed by atoms with E-state index in [2.05, 4.69) is 5.32 Å². The third kappa shape index (κ3) is 5.99. The second-order valence-electron chi connectivity index (χ2n) is 9.69. The average molecular weight is 537 g/mol. The lowest BCUT2D eigenvalue weighted by molar-refractivity contribution is -0.246. The Morgan fingerprint density at radius 3 is 2.11 bits per heavy atom. The van der Waals surface area contributed by atoms with E-state index >= 15 is 0 Å². The number of methoxy groups -OCH3 is 1. The molecule has 3 aromatic carbocycles. The normalized spacial score (nSPS) is 21.7. The van der Waals surface area contributed by atoms with Gasteiger partial charge in [-0.15, -0.1) is 0 Å². The van der Waals surface area contributed by atoms with Gasteiger partial charge in [-0.1, -0.05) is 78.9 Å². The fourth-order valence-corrected chi connectivity index (χ4v) is 5.36. The van der Waals surface area contributed by atoms with Crippen LogP contribution in [0.3, 0.4) is 0 Å². The van der Waals surface area contributed by atoms with Crippen LogP contribution in [0, 0.1) is 5.92 Å². The van der Waals surface area contributed by atoms with Crippen molar-refractivity contribution >= 4 is 0 Å². The van der Waals surface area contributed by atoms with Gasteiger partial charge in [0.05, 0.1) is 19.1 Å². The van der Waals surface area contributed by atoms with E-state index in [1.165, 1.54) is 36.3 Å². The Bertz CT molecular complexity index is 1170. The SMILES string of the molecule is COc1ccccc1C(CNCc1ccccc1)N1CC(C(F)(F)F)CC(c2ccccc2)(C(F)(F)F)C1. The van der Waals surface area contributed by atoms with E-state index < -0.39 is 49.2 Å². The van der Waals surface area contributed by atoms with Crippen LogP contribution in [0.4, 0.5) is 26.3 Å². The summed E-state index contributed by atoms with van der Waals surface area (Å²) in [5.74, 6) is -1.75. The van der Waals surface area contributed by atoms with Crippen LogP contribution >= 0.6 is 0 Å². The molecule has 4 rings (SSSR count). The average Bonchev–Trinajstić information content (AvgIpc) is 2.91. The molecule has 3 aromatic rings. The molecule has 0 aliphatic carbocycles. The number of likely N-dealkylation sites (tertiary alicyclic amines) is 1. The first-order valence-electron chi connectivity index (χ1n) is 12.4. The maximum absolute atomic E-state index is 14.9. The van der Waals surface area contributed by atoms with Crippen LogP contribution in [-0.4, -0.2) is 44.0 Å². The summed E-state index contributed by atoms with van der Waals surface area (Å²) in [6.07, 6.45) is -10.8. The van der Waals surface area contributed by atoms with E-state index in [1.54, 1.807) is 30.3 Å². The van der Waals surface area contributed by atoms with Gasteiger partial charge in [-0.05, 0) is 23.6 Å². The molecule has 1 heterocycles. The maximum Gasteiger partial charge on any atom is 0.399 e. The smallest absolute Gasteiger partial charge is 0.399 e. The van der Waals surface area contributed by atoms with Crippen LogP contribution in [-0.2, 0) is 12.0 Å². The van der Waals surface area contributed by atoms with E-state index in [-0.39, 0.29) is 12.1 Å². The molecule has 0 radical (unpaired) electrons. The van der Waals surface area contributed by atoms with Gasteiger partial charge in [0.15, 0.2) is 0 Å². The van der Waals surface area contributed by atoms with Crippen LogP contribution in [0.1, 0.15) is 29.2 Å². The molecule has 3 nitrogen and oxygen atoms in total. The van der Waals surface area contributed by atoms with Crippen molar-refractivity contribution in [1.29, 1.82) is 0 Å². The molecule has 0 saturated carbocycles. The Hall–Kier alpha value is -3.04. The van der Waals surface area contributed by atoms with Gasteiger partial charge >= 0.3 is 12.4 Å². The molecule has 9 heteroatoms. The van der Waals surface area contributed by atoms with Crippen LogP contribution in [0.15, 0.2) is 84.9 Å². The van der Waals surface area contributed by atoms with Crippen molar-refractivity contribution in [2.24, 2.45) is 5.92 Å². The van der Waals surface area contributed by atoms with E-state index in [9.17, 15) is 26.3 Å². The number of rotatable bonds is 8. The number of alkyl halides is 6. The highest BCUT2D eigenvalue weighted by Gasteiger charge is 2.63. The number of ether oxygens (including phenoxy) is 1. The van der Waals surface area contributed by atoms with Crippen molar-refractivity contribution in [2.45, 2.75) is 36.8 Å². The molecule has 1 aliphatic heterocycles. The predicted octanol–water partition coefficient (Wildman–Crippen LogP) is 6.91. The highest BCUT2D eigenvalue weighted by atomic mass is 19.4. The van der Waals surface area contributed by atoms with Gasteiger partial charge in [-0.25, -0.2) is 0 Å². The third-order valence-corrected chi connectivity index (χ3v) is 7.30. The standard InChI is InChI=1S/C29H30F6N2O/c1-38-26-15-9-8-14-24(26)25(18-36-17-21-10-4-2-5-11-21)37-19-23(28(30,31)32)16-27(20-37,29(33,34)35)22-12-6-3-7-13-22/h2-15,23,25,36H,16-20H2,1H3. The predicted molar refractivity (Wildman–Crippen MR) is 134 cm³/mol. The van der Waals surface area contributed by atoms with Crippen LogP contribution in [0.2, 0.25) is 0 Å². The summed E-state index contributed by atoms with van der Waals surface area (Å²) in [7, 11) is 1.44. The quantitative estimate of drug-likeness (QED) is 0.317. The second-order valence-corrected chi connectivity index (χ2v) is 9.69. The lowest BCUT2D eigenvalue weighted by Gasteiger charge is -2.50. The van der Waals surface area contributed by atoms with Gasteiger partial charge in [0, 0.05) is 31.7 Å². The van der Waals surface area contributed by atoms with Gasteiger partial charge in [-0.2, -0.15) is 26.3 Å². The molecular weight excluding hydrogens is 506 g/mol. The number of hydrogen-bond donors (Lipinski definition) is 1. The van der Waals surface area contributed by atoms with Crippen molar-refractivity contribution in [3.63, 3.8) is 0 Å². The summed E-state index contributed by atoms with van der Waals surface area (Å²) in [5.41, 5.74) is -1.37. The molecule has 1 aliphatic rings. The first-order chi connectivity index (χ1) is 18.0. The van der Waals surface area contributed by atoms with E-state index in [0.29, 0.717) is 17.9 Å². The van der Waals surface area contributed by atoms with E-state index in [0.717, 1.165) is 5.56 Å². The summed E-state index contributed by atoms with van der Waals surface area (Å²) in [5, 5.41) is 3.25. The van der Waals surface area contributed by atoms with Crippen molar-refractivity contribution < 1.29 is 31.1 Å². The largest absolute Gasteiger partial charge is 0.496 e. The highest BCUT2D eigenvalue weighted by Crippen LogP contribution is 2.52. The lowest BCUT2D eigenvalue weighted by atomic mass is 9.69. The number of benzene rings is 3. The van der Waals surface area contributed by atoms with E-state index in [4.69, 9.17) is 4.74 Å². The molecule has 1 saturated heterocycles. The fraction of sp³-hybridized carbons (Fsp3) is 0.379. The van der Waals surface area contributed by atoms with Crippen molar-refractivity contribution in [3.8, 4) is 5.75 Å². The van der Waals surface area contributed by atoms with Crippen molar-refractivity contribution in [2.75, 3.05) is 26.7 Å². The zero-order chi connectivity index (χ0) is 27.4. The molecule has 0 amide bonds. The zero-order valence-corrected chi connectivity index (χ0v) is 20.9. The van der Waals surface area contributed by atoms with Gasteiger partial charge in [0.2, 0.25) is 0 Å². The zero-order valence-electron chi connectivity index (χ0n) is 20.9. The van der Waals surface area contributed by atoms with Crippen molar-refractivity contribution in [1.82, 2.24) is 10.2 Å². The summed E-state index contributed by atoms with van der Waals surface area (Å²) in [6.45, 7) is -0.624. The summed E-state index contributed by atoms with van der Waals surface area (Å²) in [4.78, 5) is 1.33. The summed E-state index contributed by atoms with van der Waals surface area (Å²) in [6, 6.07) is 22.4. The number of hydrogen-bond acceptors (Lipinski definition) is 3. The molecule has 3 atom stereocenters. The topological polar surface area (TPSA) is 24.5 Å². The first-order valence-corrected chi connectivity index (χ1v) is 12.4. The Balaban J connectivity index is 1.77. The number of nitrogens with zero attached hydrogens (tertiary/aromatic N) is 1. The fourth-order valence-electron chi connectivity index (χ4n) is 5.36. The number of para-hydroxylation sites is 1. The first kappa shape index (κ1) is 28.0. The number of nitrogens with one attached hydrogen (secondary N) is 1. The molecule has 1 fully saturated rings. The molecule has 3 unspecified atom stereocenters. The lowest BCUT2D eigenvalue weighted by Crippen LogP contribution is -2.60. The van der Waals surface area contributed by atoms with Crippen LogP contribution < -0.4 is 10.1 Å². The Morgan fingerprint density at radius 1 is 0.895 bits per heavy atom. The Kier molecular flexibility index (Phi) is 8.37. The molecule has 0 spiro atoms. The minimum Gasteiger partial charge on any atom is -0.496 e. The van der Waals surface area contributed by atoms with Gasteiger partial charge < -0.3 is 10.1 Å². The maximum atomic E-state index is 14.9. The summed E-state index contributed by atoms with van der Waals surface area (Å²) >= 11 is 0. The van der Waals surface area contributed by atoms with Gasteiger partial charge in [0.25, 0.3) is 0 Å². The van der Waals surface area contributed by atoms with Crippen LogP contribution in [0.25, 0.3) is 0 Å². The van der Waals surface area contributed by atoms with Gasteiger partial charge in [0.1, 0.15) is 11.2 Å². The summed E-state index contributed by atoms with van der Waals surface area (Å²) < 4.78 is 92.7. The molecule has 1 N–H and O–H groups in total. The molecule has 38 heavy (non-hydrogen) atoms. The molecule has 204 valence electrons. The Morgan fingerprint density at radius 2 is 1.50 bits per heavy atom.